The molecule has 7 nitrogen and oxygen atoms in total. The summed E-state index contributed by atoms with van der Waals surface area (Å²) in [7, 11) is 1.92. The molecule has 2 aromatic carbocycles. The minimum absolute atomic E-state index is 0.0788. The van der Waals surface area contributed by atoms with Gasteiger partial charge < -0.3 is 16.0 Å². The number of hydrogen-bond donors (Lipinski definition) is 3. The van der Waals surface area contributed by atoms with Gasteiger partial charge in [0.05, 0.1) is 35.1 Å². The van der Waals surface area contributed by atoms with Gasteiger partial charge in [-0.05, 0) is 42.7 Å². The van der Waals surface area contributed by atoms with Gasteiger partial charge in [0.25, 0.3) is 0 Å². The highest BCUT2D eigenvalue weighted by Gasteiger charge is 2.38. The molecule has 0 fully saturated rings. The highest BCUT2D eigenvalue weighted by atomic mass is 15.2. The van der Waals surface area contributed by atoms with Gasteiger partial charge in [0.2, 0.25) is 0 Å². The van der Waals surface area contributed by atoms with Crippen molar-refractivity contribution < 1.29 is 0 Å². The Bertz CT molecular complexity index is 1340. The van der Waals surface area contributed by atoms with Crippen molar-refractivity contribution >= 4 is 11.5 Å². The molecular weight excluding hydrogens is 434 g/mol. The normalized spacial score (nSPS) is 16.3. The van der Waals surface area contributed by atoms with Crippen LogP contribution in [-0.2, 0) is 19.0 Å². The zero-order valence-electron chi connectivity index (χ0n) is 20.0. The van der Waals surface area contributed by atoms with E-state index in [1.54, 1.807) is 4.68 Å². The maximum atomic E-state index is 9.04. The van der Waals surface area contributed by atoms with Crippen LogP contribution in [0.3, 0.4) is 0 Å². The number of nitrogens with one attached hydrogen (secondary N) is 3. The molecule has 176 valence electrons. The lowest BCUT2D eigenvalue weighted by Gasteiger charge is -2.42. The third-order valence-electron chi connectivity index (χ3n) is 6.79. The summed E-state index contributed by atoms with van der Waals surface area (Å²) in [4.78, 5) is 4.74. The number of anilines is 2. The van der Waals surface area contributed by atoms with Crippen molar-refractivity contribution in [3.8, 4) is 17.2 Å². The van der Waals surface area contributed by atoms with E-state index in [1.165, 1.54) is 11.1 Å². The lowest BCUT2D eigenvalue weighted by atomic mass is 9.83. The second-order valence-corrected chi connectivity index (χ2v) is 9.15. The van der Waals surface area contributed by atoms with Crippen molar-refractivity contribution in [3.05, 3.63) is 95.9 Å². The maximum Gasteiger partial charge on any atom is 0.149 e. The zero-order valence-corrected chi connectivity index (χ0v) is 20.0. The van der Waals surface area contributed by atoms with Crippen LogP contribution in [0.4, 0.5) is 11.5 Å². The standard InChI is InChI=1S/C28H29N7/c1-28(24-6-4-3-5-7-24,32-13-12-20-8-10-21(15-29)11-9-20)26-18-30-25-14-22(16-31-27(25)34-26)23-17-33-35(2)19-23/h3-11,14,16-17,19,26,30,32H,12-13,18H2,1-2H3,(H,31,34)/t26-,28-/m1/s1. The minimum Gasteiger partial charge on any atom is -0.380 e. The molecule has 0 aliphatic carbocycles. The van der Waals surface area contributed by atoms with E-state index in [4.69, 9.17) is 10.2 Å². The fourth-order valence-electron chi connectivity index (χ4n) is 4.64. The van der Waals surface area contributed by atoms with Gasteiger partial charge in [-0.3, -0.25) is 4.68 Å². The number of hydrogen-bond acceptors (Lipinski definition) is 6. The summed E-state index contributed by atoms with van der Waals surface area (Å²) in [6.07, 6.45) is 6.61. The molecule has 2 aromatic heterocycles. The second-order valence-electron chi connectivity index (χ2n) is 9.15. The fraction of sp³-hybridized carbons (Fsp3) is 0.250. The predicted octanol–water partition coefficient (Wildman–Crippen LogP) is 4.31. The first-order valence-electron chi connectivity index (χ1n) is 11.8. The number of fused-ring (bicyclic) bond motifs is 1. The molecule has 0 saturated heterocycles. The predicted molar refractivity (Wildman–Crippen MR) is 139 cm³/mol. The lowest BCUT2D eigenvalue weighted by Crippen LogP contribution is -2.57. The van der Waals surface area contributed by atoms with Crippen LogP contribution >= 0.6 is 0 Å². The van der Waals surface area contributed by atoms with E-state index in [9.17, 15) is 0 Å². The lowest BCUT2D eigenvalue weighted by molar-refractivity contribution is 0.319. The van der Waals surface area contributed by atoms with Gasteiger partial charge in [-0.15, -0.1) is 0 Å². The topological polar surface area (TPSA) is 90.6 Å². The Kier molecular flexibility index (Phi) is 6.21. The Labute approximate surface area is 205 Å². The molecule has 0 bridgehead atoms. The first-order chi connectivity index (χ1) is 17.0. The van der Waals surface area contributed by atoms with Crippen LogP contribution in [0.15, 0.2) is 79.3 Å². The van der Waals surface area contributed by atoms with E-state index in [0.29, 0.717) is 5.56 Å². The third-order valence-corrected chi connectivity index (χ3v) is 6.79. The molecule has 0 radical (unpaired) electrons. The van der Waals surface area contributed by atoms with Crippen LogP contribution in [0, 0.1) is 11.3 Å². The highest BCUT2D eigenvalue weighted by Crippen LogP contribution is 2.34. The quantitative estimate of drug-likeness (QED) is 0.378. The van der Waals surface area contributed by atoms with Gasteiger partial charge in [0, 0.05) is 43.7 Å². The van der Waals surface area contributed by atoms with E-state index < -0.39 is 0 Å². The smallest absolute Gasteiger partial charge is 0.149 e. The molecule has 3 heterocycles. The molecule has 0 spiro atoms. The third kappa shape index (κ3) is 4.75. The van der Waals surface area contributed by atoms with Gasteiger partial charge in [-0.2, -0.15) is 10.4 Å². The molecule has 3 N–H and O–H groups in total. The Morgan fingerprint density at radius 3 is 2.63 bits per heavy atom. The molecule has 0 saturated carbocycles. The van der Waals surface area contributed by atoms with Crippen molar-refractivity contribution in [1.82, 2.24) is 20.1 Å². The van der Waals surface area contributed by atoms with Gasteiger partial charge in [0.15, 0.2) is 0 Å². The van der Waals surface area contributed by atoms with Crippen molar-refractivity contribution in [2.24, 2.45) is 7.05 Å². The molecule has 2 atom stereocenters. The Hall–Kier alpha value is -4.15. The molecule has 5 rings (SSSR count). The minimum atomic E-state index is -0.331. The van der Waals surface area contributed by atoms with Crippen LogP contribution < -0.4 is 16.0 Å². The Morgan fingerprint density at radius 1 is 1.11 bits per heavy atom. The summed E-state index contributed by atoms with van der Waals surface area (Å²) >= 11 is 0. The van der Waals surface area contributed by atoms with Crippen molar-refractivity contribution in [1.29, 1.82) is 5.26 Å². The Balaban J connectivity index is 1.35. The zero-order chi connectivity index (χ0) is 24.3. The van der Waals surface area contributed by atoms with Crippen LogP contribution in [0.25, 0.3) is 11.1 Å². The van der Waals surface area contributed by atoms with Gasteiger partial charge in [-0.1, -0.05) is 42.5 Å². The summed E-state index contributed by atoms with van der Waals surface area (Å²) in [5.74, 6) is 0.852. The number of pyridine rings is 1. The molecule has 1 aliphatic heterocycles. The Morgan fingerprint density at radius 2 is 1.91 bits per heavy atom. The molecule has 1 aliphatic rings. The average molecular weight is 464 g/mol. The first-order valence-corrected chi connectivity index (χ1v) is 11.8. The molecule has 35 heavy (non-hydrogen) atoms. The summed E-state index contributed by atoms with van der Waals surface area (Å²) in [5, 5.41) is 24.4. The van der Waals surface area contributed by atoms with Crippen LogP contribution in [0.2, 0.25) is 0 Å². The fourth-order valence-corrected chi connectivity index (χ4v) is 4.64. The number of aromatic nitrogens is 3. The monoisotopic (exact) mass is 463 g/mol. The summed E-state index contributed by atoms with van der Waals surface area (Å²) in [5.41, 5.74) is 5.86. The van der Waals surface area contributed by atoms with Crippen molar-refractivity contribution in [2.75, 3.05) is 23.7 Å². The summed E-state index contributed by atoms with van der Waals surface area (Å²) in [6, 6.07) is 22.7. The van der Waals surface area contributed by atoms with Crippen molar-refractivity contribution in [3.63, 3.8) is 0 Å². The number of benzene rings is 2. The van der Waals surface area contributed by atoms with Crippen LogP contribution in [-0.4, -0.2) is 33.9 Å². The van der Waals surface area contributed by atoms with Crippen LogP contribution in [0.1, 0.15) is 23.6 Å². The molecule has 0 unspecified atom stereocenters. The van der Waals surface area contributed by atoms with Gasteiger partial charge >= 0.3 is 0 Å². The van der Waals surface area contributed by atoms with E-state index in [-0.39, 0.29) is 11.6 Å². The van der Waals surface area contributed by atoms with Gasteiger partial charge in [-0.25, -0.2) is 4.98 Å². The van der Waals surface area contributed by atoms with E-state index in [0.717, 1.165) is 42.1 Å². The van der Waals surface area contributed by atoms with Gasteiger partial charge in [0.1, 0.15) is 5.82 Å². The molecular formula is C28H29N7. The first kappa shape index (κ1) is 22.6. The number of nitriles is 1. The van der Waals surface area contributed by atoms with Crippen molar-refractivity contribution in [2.45, 2.75) is 24.9 Å². The number of nitrogens with zero attached hydrogens (tertiary/aromatic N) is 4. The maximum absolute atomic E-state index is 9.04. The molecule has 4 aromatic rings. The highest BCUT2D eigenvalue weighted by molar-refractivity contribution is 5.75. The average Bonchev–Trinajstić information content (AvgIpc) is 3.35. The van der Waals surface area contributed by atoms with Crippen LogP contribution in [0.5, 0.6) is 0 Å². The summed E-state index contributed by atoms with van der Waals surface area (Å²) in [6.45, 7) is 3.80. The summed E-state index contributed by atoms with van der Waals surface area (Å²) < 4.78 is 1.80. The largest absolute Gasteiger partial charge is 0.380 e. The van der Waals surface area contributed by atoms with E-state index in [2.05, 4.69) is 64.4 Å². The molecule has 0 amide bonds. The molecule has 7 heteroatoms. The number of aryl methyl sites for hydroxylation is 1. The number of rotatable bonds is 7. The second kappa shape index (κ2) is 9.61. The van der Waals surface area contributed by atoms with E-state index >= 15 is 0 Å². The van der Waals surface area contributed by atoms with E-state index in [1.807, 2.05) is 56.0 Å². The SMILES string of the molecule is Cn1cc(-c2cnc3c(c2)NC[C@H]([C@](C)(NCCc2ccc(C#N)cc2)c2ccccc2)N3)cn1.